The maximum absolute atomic E-state index is 12.2. The Morgan fingerprint density at radius 3 is 2.85 bits per heavy atom. The Hall–Kier alpha value is -1.77. The van der Waals surface area contributed by atoms with Crippen molar-refractivity contribution >= 4 is 10.0 Å². The molecular weight excluding hydrogens is 280 g/mol. The minimum Gasteiger partial charge on any atom is -0.392 e. The van der Waals surface area contributed by atoms with Crippen LogP contribution in [-0.4, -0.2) is 35.1 Å². The van der Waals surface area contributed by atoms with E-state index < -0.39 is 10.0 Å². The molecule has 0 atom stereocenters. The van der Waals surface area contributed by atoms with E-state index in [1.165, 1.54) is 12.3 Å². The second-order valence-corrected chi connectivity index (χ2v) is 6.06. The summed E-state index contributed by atoms with van der Waals surface area (Å²) in [6.07, 6.45) is 3.19. The number of aryl methyl sites for hydroxylation is 1. The van der Waals surface area contributed by atoms with Gasteiger partial charge in [0.05, 0.1) is 24.2 Å². The summed E-state index contributed by atoms with van der Waals surface area (Å²) in [5.41, 5.74) is 1.20. The van der Waals surface area contributed by atoms with Crippen LogP contribution in [0.2, 0.25) is 0 Å². The van der Waals surface area contributed by atoms with E-state index in [1.807, 2.05) is 0 Å². The van der Waals surface area contributed by atoms with Gasteiger partial charge in [-0.2, -0.15) is 0 Å². The molecule has 108 valence electrons. The van der Waals surface area contributed by atoms with E-state index in [9.17, 15) is 8.42 Å². The number of hydrogen-bond acceptors (Lipinski definition) is 5. The van der Waals surface area contributed by atoms with Gasteiger partial charge in [-0.25, -0.2) is 13.1 Å². The summed E-state index contributed by atoms with van der Waals surface area (Å²) in [4.78, 5) is 0.183. The highest BCUT2D eigenvalue weighted by Gasteiger charge is 2.16. The van der Waals surface area contributed by atoms with Crippen molar-refractivity contribution in [3.63, 3.8) is 0 Å². The van der Waals surface area contributed by atoms with Crippen molar-refractivity contribution in [2.75, 3.05) is 6.54 Å². The predicted molar refractivity (Wildman–Crippen MR) is 72.3 cm³/mol. The molecule has 0 amide bonds. The summed E-state index contributed by atoms with van der Waals surface area (Å²) in [5, 5.41) is 16.5. The van der Waals surface area contributed by atoms with Crippen LogP contribution in [0, 0.1) is 6.92 Å². The first-order chi connectivity index (χ1) is 9.53. The largest absolute Gasteiger partial charge is 0.392 e. The Morgan fingerprint density at radius 2 is 2.20 bits per heavy atom. The fourth-order valence-corrected chi connectivity index (χ4v) is 3.07. The molecule has 0 spiro atoms. The Labute approximate surface area is 117 Å². The molecule has 0 fully saturated rings. The van der Waals surface area contributed by atoms with Gasteiger partial charge in [0, 0.05) is 12.7 Å². The predicted octanol–water partition coefficient (Wildman–Crippen LogP) is 0.0573. The van der Waals surface area contributed by atoms with Crippen molar-refractivity contribution < 1.29 is 13.5 Å². The third-order valence-electron chi connectivity index (χ3n) is 2.83. The SMILES string of the molecule is Cc1ccc(CO)cc1S(=O)(=O)NCCn1ccnn1. The number of aromatic nitrogens is 3. The quantitative estimate of drug-likeness (QED) is 0.785. The van der Waals surface area contributed by atoms with E-state index in [-0.39, 0.29) is 18.0 Å². The Balaban J connectivity index is 2.09. The van der Waals surface area contributed by atoms with Crippen molar-refractivity contribution in [2.45, 2.75) is 25.0 Å². The van der Waals surface area contributed by atoms with E-state index in [1.54, 1.807) is 29.9 Å². The van der Waals surface area contributed by atoms with Crippen molar-refractivity contribution in [3.8, 4) is 0 Å². The number of nitrogens with one attached hydrogen (secondary N) is 1. The topological polar surface area (TPSA) is 97.1 Å². The number of rotatable bonds is 6. The zero-order valence-electron chi connectivity index (χ0n) is 11.0. The number of nitrogens with zero attached hydrogens (tertiary/aromatic N) is 3. The summed E-state index contributed by atoms with van der Waals surface area (Å²) >= 11 is 0. The molecule has 20 heavy (non-hydrogen) atoms. The van der Waals surface area contributed by atoms with Gasteiger partial charge >= 0.3 is 0 Å². The summed E-state index contributed by atoms with van der Waals surface area (Å²) < 4.78 is 28.5. The molecule has 1 aromatic heterocycles. The first-order valence-corrected chi connectivity index (χ1v) is 7.55. The van der Waals surface area contributed by atoms with Crippen LogP contribution in [0.3, 0.4) is 0 Å². The molecule has 0 aliphatic carbocycles. The maximum atomic E-state index is 12.2. The zero-order valence-corrected chi connectivity index (χ0v) is 11.8. The van der Waals surface area contributed by atoms with E-state index in [0.29, 0.717) is 17.7 Å². The second kappa shape index (κ2) is 6.12. The van der Waals surface area contributed by atoms with Gasteiger partial charge in [0.2, 0.25) is 10.0 Å². The Morgan fingerprint density at radius 1 is 1.40 bits per heavy atom. The standard InChI is InChI=1S/C12H16N4O3S/c1-10-2-3-11(9-17)8-12(10)20(18,19)14-5-7-16-6-4-13-15-16/h2-4,6,8,14,17H,5,7,9H2,1H3. The van der Waals surface area contributed by atoms with Crippen molar-refractivity contribution in [2.24, 2.45) is 0 Å². The van der Waals surface area contributed by atoms with Crippen LogP contribution in [-0.2, 0) is 23.2 Å². The highest BCUT2D eigenvalue weighted by Crippen LogP contribution is 2.16. The molecule has 2 aromatic rings. The molecule has 8 heteroatoms. The number of benzene rings is 1. The summed E-state index contributed by atoms with van der Waals surface area (Å²) in [5.74, 6) is 0. The third-order valence-corrected chi connectivity index (χ3v) is 4.43. The smallest absolute Gasteiger partial charge is 0.240 e. The third kappa shape index (κ3) is 3.41. The monoisotopic (exact) mass is 296 g/mol. The molecule has 1 heterocycles. The first kappa shape index (κ1) is 14.6. The average molecular weight is 296 g/mol. The minimum absolute atomic E-state index is 0.183. The lowest BCUT2D eigenvalue weighted by Gasteiger charge is -2.10. The molecule has 0 bridgehead atoms. The van der Waals surface area contributed by atoms with Gasteiger partial charge < -0.3 is 5.11 Å². The lowest BCUT2D eigenvalue weighted by molar-refractivity contribution is 0.281. The van der Waals surface area contributed by atoms with Gasteiger partial charge in [-0.1, -0.05) is 17.3 Å². The van der Waals surface area contributed by atoms with Gasteiger partial charge in [-0.3, -0.25) is 4.68 Å². The zero-order chi connectivity index (χ0) is 14.6. The van der Waals surface area contributed by atoms with E-state index >= 15 is 0 Å². The number of sulfonamides is 1. The highest BCUT2D eigenvalue weighted by molar-refractivity contribution is 7.89. The van der Waals surface area contributed by atoms with Crippen molar-refractivity contribution in [3.05, 3.63) is 41.7 Å². The molecule has 0 saturated heterocycles. The van der Waals surface area contributed by atoms with Crippen LogP contribution in [0.4, 0.5) is 0 Å². The molecule has 1 aromatic carbocycles. The summed E-state index contributed by atoms with van der Waals surface area (Å²) in [7, 11) is -3.60. The molecule has 0 aliphatic heterocycles. The number of aliphatic hydroxyl groups is 1. The Bertz CT molecular complexity index is 668. The second-order valence-electron chi connectivity index (χ2n) is 4.32. The maximum Gasteiger partial charge on any atom is 0.240 e. The van der Waals surface area contributed by atoms with Crippen LogP contribution in [0.5, 0.6) is 0 Å². The molecular formula is C12H16N4O3S. The molecule has 7 nitrogen and oxygen atoms in total. The van der Waals surface area contributed by atoms with Gasteiger partial charge in [-0.15, -0.1) is 5.10 Å². The Kier molecular flexibility index (Phi) is 4.48. The highest BCUT2D eigenvalue weighted by atomic mass is 32.2. The van der Waals surface area contributed by atoms with Crippen LogP contribution >= 0.6 is 0 Å². The summed E-state index contributed by atoms with van der Waals surface area (Å²) in [6.45, 7) is 2.14. The fraction of sp³-hybridized carbons (Fsp3) is 0.333. The van der Waals surface area contributed by atoms with Crippen molar-refractivity contribution in [1.29, 1.82) is 0 Å². The van der Waals surface area contributed by atoms with E-state index in [2.05, 4.69) is 15.0 Å². The number of aliphatic hydroxyl groups excluding tert-OH is 1. The number of hydrogen-bond donors (Lipinski definition) is 2. The lowest BCUT2D eigenvalue weighted by Crippen LogP contribution is -2.28. The molecule has 2 rings (SSSR count). The molecule has 2 N–H and O–H groups in total. The van der Waals surface area contributed by atoms with Crippen LogP contribution in [0.1, 0.15) is 11.1 Å². The van der Waals surface area contributed by atoms with Crippen LogP contribution < -0.4 is 4.72 Å². The van der Waals surface area contributed by atoms with Gasteiger partial charge in [0.1, 0.15) is 0 Å². The minimum atomic E-state index is -3.60. The first-order valence-electron chi connectivity index (χ1n) is 6.07. The van der Waals surface area contributed by atoms with Gasteiger partial charge in [-0.05, 0) is 24.1 Å². The van der Waals surface area contributed by atoms with Gasteiger partial charge in [0.15, 0.2) is 0 Å². The molecule has 0 radical (unpaired) electrons. The van der Waals surface area contributed by atoms with E-state index in [4.69, 9.17) is 5.11 Å². The van der Waals surface area contributed by atoms with Crippen LogP contribution in [0.25, 0.3) is 0 Å². The normalized spacial score (nSPS) is 11.7. The molecule has 0 unspecified atom stereocenters. The fourth-order valence-electron chi connectivity index (χ4n) is 1.76. The summed E-state index contributed by atoms with van der Waals surface area (Å²) in [6, 6.07) is 4.86. The van der Waals surface area contributed by atoms with Gasteiger partial charge in [0.25, 0.3) is 0 Å². The molecule has 0 saturated carbocycles. The van der Waals surface area contributed by atoms with Crippen LogP contribution in [0.15, 0.2) is 35.5 Å². The van der Waals surface area contributed by atoms with Crippen molar-refractivity contribution in [1.82, 2.24) is 19.7 Å². The molecule has 0 aliphatic rings. The lowest BCUT2D eigenvalue weighted by atomic mass is 10.2. The average Bonchev–Trinajstić information content (AvgIpc) is 2.92. The van der Waals surface area contributed by atoms with E-state index in [0.717, 1.165) is 0 Å².